The second-order valence-electron chi connectivity index (χ2n) is 4.92. The average Bonchev–Trinajstić information content (AvgIpc) is 2.56. The zero-order valence-electron chi connectivity index (χ0n) is 12.1. The highest BCUT2D eigenvalue weighted by Crippen LogP contribution is 2.30. The number of benzene rings is 2. The zero-order chi connectivity index (χ0) is 18.3. The van der Waals surface area contributed by atoms with Gasteiger partial charge in [-0.15, -0.1) is 0 Å². The number of nitrogens with zero attached hydrogens (tertiary/aromatic N) is 1. The van der Waals surface area contributed by atoms with Crippen molar-refractivity contribution in [1.29, 1.82) is 0 Å². The van der Waals surface area contributed by atoms with Crippen molar-refractivity contribution in [3.8, 4) is 11.4 Å². The number of rotatable bonds is 2. The predicted molar refractivity (Wildman–Crippen MR) is 83.1 cm³/mol. The second kappa shape index (κ2) is 6.14. The maximum absolute atomic E-state index is 13.9. The van der Waals surface area contributed by atoms with E-state index in [4.69, 9.17) is 16.7 Å². The van der Waals surface area contributed by atoms with Gasteiger partial charge in [0.15, 0.2) is 17.4 Å². The molecule has 0 aliphatic carbocycles. The summed E-state index contributed by atoms with van der Waals surface area (Å²) in [6.45, 7) is 0. The Labute approximate surface area is 142 Å². The summed E-state index contributed by atoms with van der Waals surface area (Å²) >= 11 is 5.84. The van der Waals surface area contributed by atoms with E-state index in [0.717, 1.165) is 22.9 Å². The van der Waals surface area contributed by atoms with E-state index in [1.165, 1.54) is 12.1 Å². The van der Waals surface area contributed by atoms with Crippen molar-refractivity contribution in [2.45, 2.75) is 0 Å². The van der Waals surface area contributed by atoms with Crippen LogP contribution in [0.3, 0.4) is 0 Å². The number of fused-ring (bicyclic) bond motifs is 1. The lowest BCUT2D eigenvalue weighted by Crippen LogP contribution is -2.16. The third-order valence-corrected chi connectivity index (χ3v) is 3.74. The topological polar surface area (TPSA) is 68.5 Å². The lowest BCUT2D eigenvalue weighted by molar-refractivity contribution is 0.144. The minimum Gasteiger partial charge on any atom is -0.449 e. The number of carboxylic acid groups (broad SMARTS) is 1. The molecule has 1 heterocycles. The van der Waals surface area contributed by atoms with Gasteiger partial charge >= 0.3 is 6.16 Å². The molecule has 128 valence electrons. The van der Waals surface area contributed by atoms with Crippen LogP contribution in [0.25, 0.3) is 16.6 Å². The van der Waals surface area contributed by atoms with Crippen LogP contribution in [0.2, 0.25) is 5.02 Å². The molecule has 25 heavy (non-hydrogen) atoms. The molecule has 0 saturated heterocycles. The van der Waals surface area contributed by atoms with Crippen molar-refractivity contribution >= 4 is 28.7 Å². The van der Waals surface area contributed by atoms with Crippen LogP contribution < -0.4 is 10.2 Å². The maximum atomic E-state index is 13.9. The third-order valence-electron chi connectivity index (χ3n) is 3.39. The molecule has 1 N–H and O–H groups in total. The lowest BCUT2D eigenvalue weighted by atomic mass is 10.1. The van der Waals surface area contributed by atoms with Gasteiger partial charge in [-0.1, -0.05) is 11.6 Å². The number of halogens is 4. The van der Waals surface area contributed by atoms with E-state index < -0.39 is 45.2 Å². The lowest BCUT2D eigenvalue weighted by Gasteiger charge is -2.14. The molecule has 0 bridgehead atoms. The van der Waals surface area contributed by atoms with Gasteiger partial charge in [0.05, 0.1) is 17.1 Å². The van der Waals surface area contributed by atoms with Gasteiger partial charge in [-0.25, -0.2) is 18.0 Å². The fourth-order valence-corrected chi connectivity index (χ4v) is 2.62. The van der Waals surface area contributed by atoms with Crippen LogP contribution in [0, 0.1) is 17.5 Å². The van der Waals surface area contributed by atoms with Crippen LogP contribution in [-0.2, 0) is 0 Å². The summed E-state index contributed by atoms with van der Waals surface area (Å²) in [5.74, 6) is -3.96. The fourth-order valence-electron chi connectivity index (χ4n) is 2.34. The molecule has 0 atom stereocenters. The van der Waals surface area contributed by atoms with Crippen molar-refractivity contribution in [2.75, 3.05) is 0 Å². The van der Waals surface area contributed by atoms with E-state index in [2.05, 4.69) is 4.74 Å². The SMILES string of the molecule is O=C(O)Oc1cn(-c2ccc(F)cc2)c2c(Cl)c(F)c(F)cc2c1=O. The summed E-state index contributed by atoms with van der Waals surface area (Å²) in [6.07, 6.45) is -0.814. The van der Waals surface area contributed by atoms with E-state index in [-0.39, 0.29) is 11.2 Å². The predicted octanol–water partition coefficient (Wildman–Crippen LogP) is 4.12. The van der Waals surface area contributed by atoms with Gasteiger partial charge in [0.1, 0.15) is 10.8 Å². The van der Waals surface area contributed by atoms with Crippen LogP contribution in [-0.4, -0.2) is 15.8 Å². The van der Waals surface area contributed by atoms with Crippen LogP contribution in [0.1, 0.15) is 0 Å². The third kappa shape index (κ3) is 2.91. The molecule has 3 rings (SSSR count). The van der Waals surface area contributed by atoms with Gasteiger partial charge in [-0.2, -0.15) is 0 Å². The van der Waals surface area contributed by atoms with E-state index in [1.807, 2.05) is 0 Å². The quantitative estimate of drug-likeness (QED) is 0.545. The van der Waals surface area contributed by atoms with Crippen molar-refractivity contribution in [3.63, 3.8) is 0 Å². The monoisotopic (exact) mass is 369 g/mol. The van der Waals surface area contributed by atoms with E-state index in [1.54, 1.807) is 0 Å². The van der Waals surface area contributed by atoms with Gasteiger partial charge < -0.3 is 14.4 Å². The maximum Gasteiger partial charge on any atom is 0.511 e. The molecule has 3 aromatic rings. The molecule has 0 spiro atoms. The number of hydrogen-bond donors (Lipinski definition) is 1. The van der Waals surface area contributed by atoms with Gasteiger partial charge in [-0.05, 0) is 30.3 Å². The Morgan fingerprint density at radius 2 is 1.80 bits per heavy atom. The number of aromatic nitrogens is 1. The number of hydrogen-bond acceptors (Lipinski definition) is 3. The molecule has 0 aliphatic rings. The fraction of sp³-hybridized carbons (Fsp3) is 0. The molecule has 5 nitrogen and oxygen atoms in total. The van der Waals surface area contributed by atoms with Gasteiger partial charge in [0, 0.05) is 5.69 Å². The van der Waals surface area contributed by atoms with Crippen LogP contribution in [0.5, 0.6) is 5.75 Å². The van der Waals surface area contributed by atoms with Gasteiger partial charge in [0.25, 0.3) is 0 Å². The first kappa shape index (κ1) is 16.8. The molecule has 0 fully saturated rings. The Bertz CT molecular complexity index is 1060. The molecule has 0 saturated carbocycles. The Hall–Kier alpha value is -3.00. The summed E-state index contributed by atoms with van der Waals surface area (Å²) in [7, 11) is 0. The molecule has 9 heteroatoms. The summed E-state index contributed by atoms with van der Waals surface area (Å²) in [5, 5.41) is 7.66. The van der Waals surface area contributed by atoms with Crippen molar-refractivity contribution in [2.24, 2.45) is 0 Å². The van der Waals surface area contributed by atoms with Gasteiger partial charge in [0.2, 0.25) is 5.43 Å². The Balaban J connectivity index is 2.46. The van der Waals surface area contributed by atoms with Crippen LogP contribution in [0.4, 0.5) is 18.0 Å². The highest BCUT2D eigenvalue weighted by molar-refractivity contribution is 6.35. The molecule has 2 aromatic carbocycles. The highest BCUT2D eigenvalue weighted by atomic mass is 35.5. The summed E-state index contributed by atoms with van der Waals surface area (Å²) in [4.78, 5) is 23.1. The number of ether oxygens (including phenoxy) is 1. The molecule has 0 unspecified atom stereocenters. The first-order valence-electron chi connectivity index (χ1n) is 6.69. The van der Waals surface area contributed by atoms with Crippen molar-refractivity contribution in [1.82, 2.24) is 4.57 Å². The highest BCUT2D eigenvalue weighted by Gasteiger charge is 2.21. The summed E-state index contributed by atoms with van der Waals surface area (Å²) in [5.41, 5.74) is -0.985. The largest absolute Gasteiger partial charge is 0.511 e. The van der Waals surface area contributed by atoms with Crippen molar-refractivity contribution < 1.29 is 27.8 Å². The molecule has 0 radical (unpaired) electrons. The average molecular weight is 370 g/mol. The Kier molecular flexibility index (Phi) is 4.13. The van der Waals surface area contributed by atoms with E-state index in [0.29, 0.717) is 6.07 Å². The van der Waals surface area contributed by atoms with E-state index in [9.17, 15) is 22.8 Å². The standard InChI is InChI=1S/C16H7ClF3NO4/c17-12-13(20)10(19)5-9-14(12)21(8-3-1-7(18)2-4-8)6-11(15(9)22)25-16(23)24/h1-6H,(H,23,24). The van der Waals surface area contributed by atoms with E-state index >= 15 is 0 Å². The molecular formula is C16H7ClF3NO4. The minimum absolute atomic E-state index is 0.213. The summed E-state index contributed by atoms with van der Waals surface area (Å²) in [6, 6.07) is 5.33. The first-order chi connectivity index (χ1) is 11.8. The number of carbonyl (C=O) groups is 1. The van der Waals surface area contributed by atoms with Gasteiger partial charge in [-0.3, -0.25) is 4.79 Å². The molecular weight excluding hydrogens is 363 g/mol. The molecule has 0 amide bonds. The Morgan fingerprint density at radius 3 is 2.40 bits per heavy atom. The first-order valence-corrected chi connectivity index (χ1v) is 7.07. The molecule has 1 aromatic heterocycles. The van der Waals surface area contributed by atoms with Crippen LogP contribution >= 0.6 is 11.6 Å². The van der Waals surface area contributed by atoms with Crippen molar-refractivity contribution in [3.05, 3.63) is 69.2 Å². The smallest absolute Gasteiger partial charge is 0.449 e. The molecule has 0 aliphatic heterocycles. The zero-order valence-corrected chi connectivity index (χ0v) is 12.9. The Morgan fingerprint density at radius 1 is 1.16 bits per heavy atom. The summed E-state index contributed by atoms with van der Waals surface area (Å²) < 4.78 is 46.2. The normalized spacial score (nSPS) is 10.9. The second-order valence-corrected chi connectivity index (χ2v) is 5.30. The van der Waals surface area contributed by atoms with Crippen LogP contribution in [0.15, 0.2) is 41.3 Å². The minimum atomic E-state index is -1.77. The number of pyridine rings is 1.